The van der Waals surface area contributed by atoms with Crippen molar-refractivity contribution in [3.05, 3.63) is 35.6 Å². The van der Waals surface area contributed by atoms with Crippen LogP contribution < -0.4 is 10.6 Å². The minimum atomic E-state index is -0.259. The number of benzene rings is 1. The number of rotatable bonds is 3. The third-order valence-electron chi connectivity index (χ3n) is 4.81. The van der Waals surface area contributed by atoms with Gasteiger partial charge in [0.05, 0.1) is 6.04 Å². The fourth-order valence-electron chi connectivity index (χ4n) is 3.37. The molecule has 0 bridgehead atoms. The fraction of sp³-hybridized carbons (Fsp3) is 0.562. The third-order valence-corrected chi connectivity index (χ3v) is 4.81. The molecule has 1 spiro atoms. The van der Waals surface area contributed by atoms with Crippen LogP contribution in [0.3, 0.4) is 0 Å². The van der Waals surface area contributed by atoms with E-state index in [1.165, 1.54) is 12.1 Å². The first-order valence-electron chi connectivity index (χ1n) is 7.37. The second-order valence-corrected chi connectivity index (χ2v) is 6.15. The molecular weight excluding hydrogens is 255 g/mol. The predicted octanol–water partition coefficient (Wildman–Crippen LogP) is 2.39. The van der Waals surface area contributed by atoms with Crippen LogP contribution in [0, 0.1) is 17.2 Å². The Morgan fingerprint density at radius 3 is 2.90 bits per heavy atom. The topological polar surface area (TPSA) is 41.1 Å². The van der Waals surface area contributed by atoms with Crippen LogP contribution in [0.1, 0.15) is 37.8 Å². The second-order valence-electron chi connectivity index (χ2n) is 6.15. The molecule has 20 heavy (non-hydrogen) atoms. The van der Waals surface area contributed by atoms with Gasteiger partial charge >= 0.3 is 0 Å². The molecule has 1 amide bonds. The number of carbonyl (C=O) groups is 1. The van der Waals surface area contributed by atoms with E-state index in [4.69, 9.17) is 0 Å². The molecule has 1 aromatic rings. The number of nitrogens with one attached hydrogen (secondary N) is 2. The monoisotopic (exact) mass is 276 g/mol. The van der Waals surface area contributed by atoms with Crippen molar-refractivity contribution in [3.63, 3.8) is 0 Å². The highest BCUT2D eigenvalue weighted by molar-refractivity contribution is 5.83. The third kappa shape index (κ3) is 2.57. The molecule has 1 aliphatic heterocycles. The van der Waals surface area contributed by atoms with Gasteiger partial charge in [0.2, 0.25) is 5.91 Å². The minimum Gasteiger partial charge on any atom is -0.349 e. The van der Waals surface area contributed by atoms with E-state index in [9.17, 15) is 9.18 Å². The molecule has 4 heteroatoms. The summed E-state index contributed by atoms with van der Waals surface area (Å²) in [5, 5.41) is 6.37. The SMILES string of the molecule is C[C@H](NC(=O)C1CC12CCNCC2)c1cccc(F)c1. The van der Waals surface area contributed by atoms with Gasteiger partial charge in [-0.3, -0.25) is 4.79 Å². The van der Waals surface area contributed by atoms with Crippen LogP contribution in [-0.4, -0.2) is 19.0 Å². The standard InChI is InChI=1S/C16H21FN2O/c1-11(12-3-2-4-13(17)9-12)19-15(20)14-10-16(14)5-7-18-8-6-16/h2-4,9,11,14,18H,5-8,10H2,1H3,(H,19,20)/t11-,14?/m0/s1. The molecule has 2 atom stereocenters. The lowest BCUT2D eigenvalue weighted by Gasteiger charge is -2.23. The summed E-state index contributed by atoms with van der Waals surface area (Å²) in [6.45, 7) is 3.94. The average molecular weight is 276 g/mol. The maximum atomic E-state index is 13.2. The summed E-state index contributed by atoms with van der Waals surface area (Å²) in [7, 11) is 0. The molecule has 3 nitrogen and oxygen atoms in total. The van der Waals surface area contributed by atoms with Crippen LogP contribution >= 0.6 is 0 Å². The number of hydrogen-bond acceptors (Lipinski definition) is 2. The van der Waals surface area contributed by atoms with Crippen molar-refractivity contribution >= 4 is 5.91 Å². The number of carbonyl (C=O) groups excluding carboxylic acids is 1. The summed E-state index contributed by atoms with van der Waals surface area (Å²) in [4.78, 5) is 12.3. The van der Waals surface area contributed by atoms with Gasteiger partial charge in [0.15, 0.2) is 0 Å². The Morgan fingerprint density at radius 2 is 2.20 bits per heavy atom. The molecule has 0 aromatic heterocycles. The van der Waals surface area contributed by atoms with Gasteiger partial charge in [0.1, 0.15) is 5.82 Å². The summed E-state index contributed by atoms with van der Waals surface area (Å²) >= 11 is 0. The van der Waals surface area contributed by atoms with Crippen molar-refractivity contribution in [2.45, 2.75) is 32.2 Å². The zero-order chi connectivity index (χ0) is 14.2. The van der Waals surface area contributed by atoms with Gasteiger partial charge in [-0.05, 0) is 62.4 Å². The molecule has 3 rings (SSSR count). The Bertz CT molecular complexity index is 511. The normalized spacial score (nSPS) is 25.2. The molecule has 1 aromatic carbocycles. The van der Waals surface area contributed by atoms with Gasteiger partial charge in [0.25, 0.3) is 0 Å². The molecule has 1 unspecified atom stereocenters. The number of piperidine rings is 1. The van der Waals surface area contributed by atoms with Crippen molar-refractivity contribution in [2.24, 2.45) is 11.3 Å². The molecular formula is C16H21FN2O. The predicted molar refractivity (Wildman–Crippen MR) is 75.6 cm³/mol. The number of halogens is 1. The highest BCUT2D eigenvalue weighted by atomic mass is 19.1. The zero-order valence-electron chi connectivity index (χ0n) is 11.8. The van der Waals surface area contributed by atoms with Crippen LogP contribution in [0.5, 0.6) is 0 Å². The lowest BCUT2D eigenvalue weighted by molar-refractivity contribution is -0.123. The Hall–Kier alpha value is -1.42. The number of hydrogen-bond donors (Lipinski definition) is 2. The Labute approximate surface area is 118 Å². The zero-order valence-corrected chi connectivity index (χ0v) is 11.8. The minimum absolute atomic E-state index is 0.128. The maximum Gasteiger partial charge on any atom is 0.224 e. The molecule has 108 valence electrons. The van der Waals surface area contributed by atoms with Gasteiger partial charge in [-0.1, -0.05) is 12.1 Å². The Balaban J connectivity index is 1.60. The first-order valence-corrected chi connectivity index (χ1v) is 7.37. The van der Waals surface area contributed by atoms with Gasteiger partial charge in [-0.25, -0.2) is 4.39 Å². The molecule has 2 N–H and O–H groups in total. The van der Waals surface area contributed by atoms with Crippen molar-refractivity contribution < 1.29 is 9.18 Å². The van der Waals surface area contributed by atoms with Crippen LogP contribution in [0.25, 0.3) is 0 Å². The molecule has 2 aliphatic rings. The Kier molecular flexibility index (Phi) is 3.50. The first kappa shape index (κ1) is 13.6. The van der Waals surface area contributed by atoms with E-state index in [0.717, 1.165) is 37.9 Å². The molecule has 1 saturated heterocycles. The van der Waals surface area contributed by atoms with Gasteiger partial charge in [-0.2, -0.15) is 0 Å². The van der Waals surface area contributed by atoms with E-state index in [0.29, 0.717) is 0 Å². The summed E-state index contributed by atoms with van der Waals surface area (Å²) in [6.07, 6.45) is 3.20. The summed E-state index contributed by atoms with van der Waals surface area (Å²) < 4.78 is 13.2. The molecule has 1 heterocycles. The van der Waals surface area contributed by atoms with E-state index < -0.39 is 0 Å². The van der Waals surface area contributed by atoms with Crippen LogP contribution in [0.2, 0.25) is 0 Å². The van der Waals surface area contributed by atoms with Crippen molar-refractivity contribution in [1.29, 1.82) is 0 Å². The van der Waals surface area contributed by atoms with Gasteiger partial charge in [-0.15, -0.1) is 0 Å². The van der Waals surface area contributed by atoms with Crippen LogP contribution in [0.4, 0.5) is 4.39 Å². The van der Waals surface area contributed by atoms with Crippen molar-refractivity contribution in [1.82, 2.24) is 10.6 Å². The van der Waals surface area contributed by atoms with Crippen LogP contribution in [0.15, 0.2) is 24.3 Å². The maximum absolute atomic E-state index is 13.2. The van der Waals surface area contributed by atoms with Crippen molar-refractivity contribution in [3.8, 4) is 0 Å². The van der Waals surface area contributed by atoms with E-state index in [1.807, 2.05) is 13.0 Å². The lowest BCUT2D eigenvalue weighted by atomic mass is 9.91. The largest absolute Gasteiger partial charge is 0.349 e. The van der Waals surface area contributed by atoms with E-state index >= 15 is 0 Å². The molecule has 2 fully saturated rings. The second kappa shape index (κ2) is 5.17. The smallest absolute Gasteiger partial charge is 0.224 e. The van der Waals surface area contributed by atoms with Crippen LogP contribution in [-0.2, 0) is 4.79 Å². The van der Waals surface area contributed by atoms with E-state index in [2.05, 4.69) is 10.6 Å². The quantitative estimate of drug-likeness (QED) is 0.890. The van der Waals surface area contributed by atoms with Gasteiger partial charge in [0, 0.05) is 5.92 Å². The summed E-state index contributed by atoms with van der Waals surface area (Å²) in [6, 6.07) is 6.29. The highest BCUT2D eigenvalue weighted by Gasteiger charge is 2.57. The molecule has 0 radical (unpaired) electrons. The molecule has 1 saturated carbocycles. The Morgan fingerprint density at radius 1 is 1.45 bits per heavy atom. The first-order chi connectivity index (χ1) is 9.61. The summed E-state index contributed by atoms with van der Waals surface area (Å²) in [5.74, 6) is 0.0223. The average Bonchev–Trinajstić information content (AvgIpc) is 3.13. The number of amides is 1. The highest BCUT2D eigenvalue weighted by Crippen LogP contribution is 2.58. The lowest BCUT2D eigenvalue weighted by Crippen LogP contribution is -2.34. The van der Waals surface area contributed by atoms with Crippen molar-refractivity contribution in [2.75, 3.05) is 13.1 Å². The van der Waals surface area contributed by atoms with E-state index in [1.54, 1.807) is 6.07 Å². The molecule has 1 aliphatic carbocycles. The fourth-order valence-corrected chi connectivity index (χ4v) is 3.37. The van der Waals surface area contributed by atoms with E-state index in [-0.39, 0.29) is 29.1 Å². The van der Waals surface area contributed by atoms with Gasteiger partial charge < -0.3 is 10.6 Å². The summed E-state index contributed by atoms with van der Waals surface area (Å²) in [5.41, 5.74) is 1.06.